The van der Waals surface area contributed by atoms with Gasteiger partial charge in [-0.3, -0.25) is 4.79 Å². The van der Waals surface area contributed by atoms with Crippen molar-refractivity contribution in [3.8, 4) is 0 Å². The number of piperidine rings is 1. The monoisotopic (exact) mass is 315 g/mol. The molecule has 3 aliphatic heterocycles. The van der Waals surface area contributed by atoms with Crippen molar-refractivity contribution in [2.75, 3.05) is 25.5 Å². The van der Waals surface area contributed by atoms with E-state index in [1.165, 1.54) is 0 Å². The Morgan fingerprint density at radius 2 is 1.96 bits per heavy atom. The number of likely N-dealkylation sites (N-methyl/N-ethyl adjacent to an activating group) is 1. The SMILES string of the molecule is CC(C)c1ccccc1NC(=O)N1C[C@@H]2CC[C@H](C1)N(C)C2=O. The first-order valence-electron chi connectivity index (χ1n) is 8.39. The van der Waals surface area contributed by atoms with Crippen LogP contribution in [0.1, 0.15) is 38.2 Å². The molecule has 4 rings (SSSR count). The van der Waals surface area contributed by atoms with E-state index >= 15 is 0 Å². The van der Waals surface area contributed by atoms with Gasteiger partial charge in [-0.1, -0.05) is 32.0 Å². The van der Waals surface area contributed by atoms with Crippen molar-refractivity contribution in [2.45, 2.75) is 38.6 Å². The fourth-order valence-electron chi connectivity index (χ4n) is 3.63. The van der Waals surface area contributed by atoms with Crippen LogP contribution in [0.3, 0.4) is 0 Å². The molecule has 3 saturated heterocycles. The average molecular weight is 315 g/mol. The van der Waals surface area contributed by atoms with Gasteiger partial charge < -0.3 is 15.1 Å². The molecule has 0 unspecified atom stereocenters. The number of rotatable bonds is 2. The summed E-state index contributed by atoms with van der Waals surface area (Å²) in [5, 5.41) is 3.05. The topological polar surface area (TPSA) is 52.7 Å². The number of amides is 3. The summed E-state index contributed by atoms with van der Waals surface area (Å²) in [6.07, 6.45) is 1.87. The van der Waals surface area contributed by atoms with Gasteiger partial charge in [-0.05, 0) is 30.4 Å². The Bertz CT molecular complexity index is 614. The number of fused-ring (bicyclic) bond motifs is 4. The molecule has 1 aromatic rings. The third-order valence-corrected chi connectivity index (χ3v) is 5.08. The number of nitrogens with one attached hydrogen (secondary N) is 1. The van der Waals surface area contributed by atoms with Crippen LogP contribution in [0.4, 0.5) is 10.5 Å². The van der Waals surface area contributed by atoms with Crippen molar-refractivity contribution < 1.29 is 9.59 Å². The van der Waals surface area contributed by atoms with E-state index in [2.05, 4.69) is 19.2 Å². The molecule has 3 fully saturated rings. The molecule has 124 valence electrons. The second-order valence-corrected chi connectivity index (χ2v) is 6.95. The molecule has 23 heavy (non-hydrogen) atoms. The van der Waals surface area contributed by atoms with Crippen LogP contribution in [0.15, 0.2) is 24.3 Å². The zero-order chi connectivity index (χ0) is 16.6. The van der Waals surface area contributed by atoms with Gasteiger partial charge in [-0.2, -0.15) is 0 Å². The number of hydrogen-bond donors (Lipinski definition) is 1. The summed E-state index contributed by atoms with van der Waals surface area (Å²) in [7, 11) is 1.86. The quantitative estimate of drug-likeness (QED) is 0.912. The van der Waals surface area contributed by atoms with Gasteiger partial charge in [0.25, 0.3) is 0 Å². The third-order valence-electron chi connectivity index (χ3n) is 5.08. The minimum atomic E-state index is -0.0990. The molecule has 0 spiro atoms. The molecule has 3 heterocycles. The van der Waals surface area contributed by atoms with E-state index in [4.69, 9.17) is 0 Å². The maximum Gasteiger partial charge on any atom is 0.321 e. The Morgan fingerprint density at radius 1 is 1.22 bits per heavy atom. The fraction of sp³-hybridized carbons (Fsp3) is 0.556. The van der Waals surface area contributed by atoms with Crippen LogP contribution in [0, 0.1) is 5.92 Å². The number of carbonyl (C=O) groups is 2. The van der Waals surface area contributed by atoms with Crippen molar-refractivity contribution in [3.05, 3.63) is 29.8 Å². The second kappa shape index (κ2) is 6.22. The molecule has 1 aromatic carbocycles. The predicted molar refractivity (Wildman–Crippen MR) is 90.4 cm³/mol. The van der Waals surface area contributed by atoms with Crippen LogP contribution < -0.4 is 5.32 Å². The van der Waals surface area contributed by atoms with E-state index in [0.717, 1.165) is 24.1 Å². The summed E-state index contributed by atoms with van der Waals surface area (Å²) in [5.41, 5.74) is 2.00. The highest BCUT2D eigenvalue weighted by Crippen LogP contribution is 2.29. The van der Waals surface area contributed by atoms with Gasteiger partial charge in [0, 0.05) is 31.9 Å². The van der Waals surface area contributed by atoms with Crippen LogP contribution in [0.5, 0.6) is 0 Å². The molecule has 5 heteroatoms. The Hall–Kier alpha value is -2.04. The Balaban J connectivity index is 1.76. The minimum absolute atomic E-state index is 0.0511. The lowest BCUT2D eigenvalue weighted by Gasteiger charge is -2.32. The molecular formula is C18H25N3O2. The van der Waals surface area contributed by atoms with Crippen LogP contribution >= 0.6 is 0 Å². The molecule has 0 aromatic heterocycles. The molecule has 2 bridgehead atoms. The minimum Gasteiger partial charge on any atom is -0.341 e. The maximum atomic E-state index is 12.7. The molecule has 5 nitrogen and oxygen atoms in total. The Morgan fingerprint density at radius 3 is 2.70 bits per heavy atom. The predicted octanol–water partition coefficient (Wildman–Crippen LogP) is 2.89. The summed E-state index contributed by atoms with van der Waals surface area (Å²) in [6, 6.07) is 7.96. The highest BCUT2D eigenvalue weighted by molar-refractivity contribution is 5.91. The van der Waals surface area contributed by atoms with E-state index in [1.54, 1.807) is 4.90 Å². The smallest absolute Gasteiger partial charge is 0.321 e. The fourth-order valence-corrected chi connectivity index (χ4v) is 3.63. The first kappa shape index (κ1) is 15.8. The lowest BCUT2D eigenvalue weighted by atomic mass is 9.95. The zero-order valence-electron chi connectivity index (χ0n) is 14.1. The largest absolute Gasteiger partial charge is 0.341 e. The van der Waals surface area contributed by atoms with Crippen molar-refractivity contribution in [1.29, 1.82) is 0 Å². The van der Waals surface area contributed by atoms with Crippen LogP contribution in [-0.2, 0) is 4.79 Å². The molecule has 0 radical (unpaired) electrons. The number of nitrogens with zero attached hydrogens (tertiary/aromatic N) is 2. The van der Waals surface area contributed by atoms with Crippen molar-refractivity contribution in [3.63, 3.8) is 0 Å². The van der Waals surface area contributed by atoms with Gasteiger partial charge in [0.15, 0.2) is 0 Å². The summed E-state index contributed by atoms with van der Waals surface area (Å²) in [4.78, 5) is 28.6. The Kier molecular flexibility index (Phi) is 4.28. The number of carbonyl (C=O) groups excluding carboxylic acids is 2. The highest BCUT2D eigenvalue weighted by Gasteiger charge is 2.40. The normalized spacial score (nSPS) is 24.1. The van der Waals surface area contributed by atoms with E-state index in [-0.39, 0.29) is 23.9 Å². The number of para-hydroxylation sites is 1. The van der Waals surface area contributed by atoms with Gasteiger partial charge in [-0.25, -0.2) is 4.79 Å². The second-order valence-electron chi connectivity index (χ2n) is 6.95. The van der Waals surface area contributed by atoms with E-state index in [1.807, 2.05) is 36.2 Å². The van der Waals surface area contributed by atoms with Gasteiger partial charge in [0.1, 0.15) is 0 Å². The summed E-state index contributed by atoms with van der Waals surface area (Å²) >= 11 is 0. The first-order chi connectivity index (χ1) is 11.0. The maximum absolute atomic E-state index is 12.7. The number of hydrogen-bond acceptors (Lipinski definition) is 2. The molecule has 0 aliphatic carbocycles. The van der Waals surface area contributed by atoms with Crippen LogP contribution in [0.25, 0.3) is 0 Å². The first-order valence-corrected chi connectivity index (χ1v) is 8.39. The standard InChI is InChI=1S/C18H25N3O2/c1-12(2)15-6-4-5-7-16(15)19-18(23)21-10-13-8-9-14(11-21)20(3)17(13)22/h4-7,12-14H,8-11H2,1-3H3,(H,19,23)/t13-,14+/m0/s1. The molecular weight excluding hydrogens is 290 g/mol. The molecule has 1 N–H and O–H groups in total. The van der Waals surface area contributed by atoms with Gasteiger partial charge >= 0.3 is 6.03 Å². The zero-order valence-corrected chi connectivity index (χ0v) is 14.1. The van der Waals surface area contributed by atoms with Crippen molar-refractivity contribution in [1.82, 2.24) is 9.80 Å². The summed E-state index contributed by atoms with van der Waals surface area (Å²) in [6.45, 7) is 5.37. The third kappa shape index (κ3) is 3.05. The molecule has 3 amide bonds. The van der Waals surface area contributed by atoms with E-state index in [9.17, 15) is 9.59 Å². The van der Waals surface area contributed by atoms with E-state index in [0.29, 0.717) is 19.0 Å². The van der Waals surface area contributed by atoms with Crippen LogP contribution in [0.2, 0.25) is 0 Å². The van der Waals surface area contributed by atoms with Gasteiger partial charge in [-0.15, -0.1) is 0 Å². The summed E-state index contributed by atoms with van der Waals surface area (Å²) < 4.78 is 0. The van der Waals surface area contributed by atoms with Crippen molar-refractivity contribution >= 4 is 17.6 Å². The van der Waals surface area contributed by atoms with Crippen molar-refractivity contribution in [2.24, 2.45) is 5.92 Å². The molecule has 2 atom stereocenters. The lowest BCUT2D eigenvalue weighted by molar-refractivity contribution is -0.138. The number of anilines is 1. The summed E-state index contributed by atoms with van der Waals surface area (Å²) in [5.74, 6) is 0.475. The lowest BCUT2D eigenvalue weighted by Crippen LogP contribution is -2.45. The average Bonchev–Trinajstić information content (AvgIpc) is 2.81. The Labute approximate surface area is 137 Å². The molecule has 3 aliphatic rings. The van der Waals surface area contributed by atoms with E-state index < -0.39 is 0 Å². The number of urea groups is 1. The van der Waals surface area contributed by atoms with Gasteiger partial charge in [0.05, 0.1) is 5.92 Å². The van der Waals surface area contributed by atoms with Crippen LogP contribution in [-0.4, -0.2) is 47.9 Å². The number of benzene rings is 1. The van der Waals surface area contributed by atoms with Gasteiger partial charge in [0.2, 0.25) is 5.91 Å². The highest BCUT2D eigenvalue weighted by atomic mass is 16.2. The molecule has 0 saturated carbocycles.